The summed E-state index contributed by atoms with van der Waals surface area (Å²) in [5.74, 6) is 0. The van der Waals surface area contributed by atoms with Crippen molar-refractivity contribution >= 4 is 61.6 Å². The number of pyridine rings is 1. The molecule has 2 aliphatic rings. The number of para-hydroxylation sites is 4. The van der Waals surface area contributed by atoms with Gasteiger partial charge in [-0.15, -0.1) is 0 Å². The lowest BCUT2D eigenvalue weighted by Crippen LogP contribution is -2.30. The largest absolute Gasteiger partial charge is 0.310 e. The highest BCUT2D eigenvalue weighted by Gasteiger charge is 2.38. The molecule has 0 saturated heterocycles. The van der Waals surface area contributed by atoms with Crippen LogP contribution in [0, 0.1) is 0 Å². The monoisotopic (exact) mass is 784 g/mol. The van der Waals surface area contributed by atoms with Gasteiger partial charge in [0.05, 0.1) is 33.8 Å². The molecule has 0 N–H and O–H groups in total. The summed E-state index contributed by atoms with van der Waals surface area (Å²) in [7, 11) is 0. The second kappa shape index (κ2) is 13.0. The minimum Gasteiger partial charge on any atom is -0.310 e. The molecule has 0 spiro atoms. The second-order valence-electron chi connectivity index (χ2n) is 17.7. The molecule has 0 atom stereocenters. The zero-order valence-electron chi connectivity index (χ0n) is 34.8. The van der Waals surface area contributed by atoms with Gasteiger partial charge in [-0.25, -0.2) is 4.98 Å². The smallest absolute Gasteiger partial charge is 0.145 e. The number of rotatable bonds is 4. The number of imidazole rings is 1. The quantitative estimate of drug-likeness (QED) is 0.178. The van der Waals surface area contributed by atoms with E-state index in [1.807, 2.05) is 0 Å². The summed E-state index contributed by atoms with van der Waals surface area (Å²) in [6.45, 7) is 9.44. The molecule has 0 bridgehead atoms. The van der Waals surface area contributed by atoms with Gasteiger partial charge in [0.15, 0.2) is 0 Å². The predicted molar refractivity (Wildman–Crippen MR) is 255 cm³/mol. The fourth-order valence-electron chi connectivity index (χ4n) is 10.4. The Balaban J connectivity index is 1.02. The molecule has 8 aromatic carbocycles. The molecular formula is C57H44N4. The van der Waals surface area contributed by atoms with Gasteiger partial charge in [0, 0.05) is 39.4 Å². The third-order valence-electron chi connectivity index (χ3n) is 13.5. The van der Waals surface area contributed by atoms with Crippen molar-refractivity contribution in [2.24, 2.45) is 0 Å². The Kier molecular flexibility index (Phi) is 7.59. The average molecular weight is 785 g/mol. The van der Waals surface area contributed by atoms with Crippen LogP contribution in [0.15, 0.2) is 194 Å². The molecule has 12 rings (SSSR count). The first-order valence-corrected chi connectivity index (χ1v) is 21.3. The Bertz CT molecular complexity index is 3380. The van der Waals surface area contributed by atoms with E-state index in [9.17, 15) is 0 Å². The number of hydrogen-bond acceptors (Lipinski definition) is 3. The van der Waals surface area contributed by atoms with Gasteiger partial charge in [-0.3, -0.25) is 4.40 Å². The van der Waals surface area contributed by atoms with Crippen molar-refractivity contribution in [2.75, 3.05) is 9.80 Å². The summed E-state index contributed by atoms with van der Waals surface area (Å²) >= 11 is 0. The minimum atomic E-state index is -0.215. The van der Waals surface area contributed by atoms with Crippen LogP contribution in [-0.4, -0.2) is 9.38 Å². The predicted octanol–water partition coefficient (Wildman–Crippen LogP) is 15.2. The van der Waals surface area contributed by atoms with Crippen LogP contribution in [0.2, 0.25) is 0 Å². The van der Waals surface area contributed by atoms with E-state index in [4.69, 9.17) is 4.98 Å². The van der Waals surface area contributed by atoms with Gasteiger partial charge in [0.25, 0.3) is 0 Å². The Labute approximate surface area is 356 Å². The van der Waals surface area contributed by atoms with Crippen LogP contribution in [-0.2, 0) is 10.8 Å². The molecule has 2 aromatic heterocycles. The topological polar surface area (TPSA) is 23.8 Å². The van der Waals surface area contributed by atoms with E-state index < -0.39 is 0 Å². The van der Waals surface area contributed by atoms with Crippen LogP contribution in [0.3, 0.4) is 0 Å². The highest BCUT2D eigenvalue weighted by molar-refractivity contribution is 6.06. The van der Waals surface area contributed by atoms with Crippen LogP contribution in [0.5, 0.6) is 0 Å². The maximum atomic E-state index is 5.29. The van der Waals surface area contributed by atoms with E-state index in [0.29, 0.717) is 0 Å². The lowest BCUT2D eigenvalue weighted by Gasteiger charge is -2.42. The van der Waals surface area contributed by atoms with E-state index in [2.05, 4.69) is 236 Å². The highest BCUT2D eigenvalue weighted by atomic mass is 15.2. The highest BCUT2D eigenvalue weighted by Crippen LogP contribution is 2.54. The van der Waals surface area contributed by atoms with Crippen molar-refractivity contribution in [1.82, 2.24) is 9.38 Å². The normalized spacial score (nSPS) is 14.8. The van der Waals surface area contributed by atoms with Gasteiger partial charge >= 0.3 is 0 Å². The van der Waals surface area contributed by atoms with Crippen molar-refractivity contribution < 1.29 is 0 Å². The van der Waals surface area contributed by atoms with E-state index in [-0.39, 0.29) is 10.8 Å². The van der Waals surface area contributed by atoms with Crippen LogP contribution in [0.1, 0.15) is 49.9 Å². The third kappa shape index (κ3) is 5.21. The van der Waals surface area contributed by atoms with Crippen molar-refractivity contribution in [3.05, 3.63) is 217 Å². The van der Waals surface area contributed by atoms with Gasteiger partial charge in [0.1, 0.15) is 5.65 Å². The maximum Gasteiger partial charge on any atom is 0.145 e. The first kappa shape index (κ1) is 35.5. The lowest BCUT2D eigenvalue weighted by molar-refractivity contribution is 0.632. The fraction of sp³-hybridized carbons (Fsp3) is 0.105. The number of hydrogen-bond donors (Lipinski definition) is 0. The Morgan fingerprint density at radius 3 is 1.46 bits per heavy atom. The van der Waals surface area contributed by atoms with E-state index in [0.717, 1.165) is 33.4 Å². The molecule has 292 valence electrons. The first-order chi connectivity index (χ1) is 29.8. The summed E-state index contributed by atoms with van der Waals surface area (Å²) < 4.78 is 2.32. The van der Waals surface area contributed by atoms with Crippen molar-refractivity contribution in [3.8, 4) is 22.3 Å². The number of nitrogens with zero attached hydrogens (tertiary/aromatic N) is 4. The van der Waals surface area contributed by atoms with Gasteiger partial charge in [0.2, 0.25) is 0 Å². The summed E-state index contributed by atoms with van der Waals surface area (Å²) in [4.78, 5) is 10.1. The van der Waals surface area contributed by atoms with Gasteiger partial charge in [-0.05, 0) is 117 Å². The summed E-state index contributed by atoms with van der Waals surface area (Å²) in [5, 5.41) is 2.33. The zero-order chi connectivity index (χ0) is 41.0. The molecular weight excluding hydrogens is 741 g/mol. The van der Waals surface area contributed by atoms with E-state index in [1.165, 1.54) is 72.6 Å². The van der Waals surface area contributed by atoms with Crippen LogP contribution < -0.4 is 9.80 Å². The first-order valence-electron chi connectivity index (χ1n) is 21.3. The van der Waals surface area contributed by atoms with Gasteiger partial charge in [-0.1, -0.05) is 143 Å². The maximum absolute atomic E-state index is 5.29. The Morgan fingerprint density at radius 2 is 0.852 bits per heavy atom. The standard InChI is InChI=1S/C57H44N4/c1-56(2)45-23-13-15-25-50(45)60(40-17-7-5-8-18-40)52-31-28-37(33-47(52)56)38-27-30-49-54(35-38)59-36-44(42-21-11-12-22-43(42)55(59)58-49)39-29-32-53-48(34-39)57(3,4)46-24-14-16-26-51(46)61(53)41-19-9-6-10-20-41/h5-36H,1-4H3. The SMILES string of the molecule is CC1(C)c2ccccc2N(c2ccccc2)c2ccc(-c3ccc4nc5c6ccccc6c(-c6ccc7c(c6)C(C)(C)c6ccccc6N7c6ccccc6)cn5c4c3)cc21. The number of fused-ring (bicyclic) bond motifs is 9. The third-order valence-corrected chi connectivity index (χ3v) is 13.5. The zero-order valence-corrected chi connectivity index (χ0v) is 34.8. The number of benzene rings is 8. The molecule has 2 aliphatic heterocycles. The molecule has 0 amide bonds. The molecule has 4 heterocycles. The minimum absolute atomic E-state index is 0.196. The summed E-state index contributed by atoms with van der Waals surface area (Å²) in [6.07, 6.45) is 2.32. The van der Waals surface area contributed by atoms with E-state index >= 15 is 0 Å². The van der Waals surface area contributed by atoms with Gasteiger partial charge < -0.3 is 9.80 Å². The lowest BCUT2D eigenvalue weighted by atomic mass is 9.73. The molecule has 61 heavy (non-hydrogen) atoms. The molecule has 0 fully saturated rings. The molecule has 4 nitrogen and oxygen atoms in total. The van der Waals surface area contributed by atoms with Crippen molar-refractivity contribution in [3.63, 3.8) is 0 Å². The fourth-order valence-corrected chi connectivity index (χ4v) is 10.4. The molecule has 10 aromatic rings. The van der Waals surface area contributed by atoms with Gasteiger partial charge in [-0.2, -0.15) is 0 Å². The Morgan fingerprint density at radius 1 is 0.393 bits per heavy atom. The molecule has 0 saturated carbocycles. The van der Waals surface area contributed by atoms with Crippen molar-refractivity contribution in [2.45, 2.75) is 38.5 Å². The van der Waals surface area contributed by atoms with Crippen LogP contribution in [0.4, 0.5) is 34.1 Å². The number of anilines is 6. The van der Waals surface area contributed by atoms with Crippen LogP contribution >= 0.6 is 0 Å². The summed E-state index contributed by atoms with van der Waals surface area (Å²) in [6, 6.07) is 68.8. The molecule has 0 unspecified atom stereocenters. The average Bonchev–Trinajstić information content (AvgIpc) is 3.68. The van der Waals surface area contributed by atoms with Crippen molar-refractivity contribution in [1.29, 1.82) is 0 Å². The second-order valence-corrected chi connectivity index (χ2v) is 17.7. The molecule has 4 heteroatoms. The van der Waals surface area contributed by atoms with Crippen LogP contribution in [0.25, 0.3) is 49.7 Å². The molecule has 0 radical (unpaired) electrons. The summed E-state index contributed by atoms with van der Waals surface area (Å²) in [5.41, 5.74) is 19.8. The molecule has 0 aliphatic carbocycles. The van der Waals surface area contributed by atoms with E-state index in [1.54, 1.807) is 0 Å². The number of aromatic nitrogens is 2. The Hall–Kier alpha value is -7.43.